The molecule has 1 aromatic heterocycles. The minimum absolute atomic E-state index is 0.00398. The molecule has 0 saturated heterocycles. The number of aliphatic hydroxyl groups is 3. The van der Waals surface area contributed by atoms with Crippen LogP contribution in [0.3, 0.4) is 0 Å². The van der Waals surface area contributed by atoms with Gasteiger partial charge in [-0.2, -0.15) is 0 Å². The monoisotopic (exact) mass is 670 g/mol. The largest absolute Gasteiger partial charge is 0.508 e. The van der Waals surface area contributed by atoms with Gasteiger partial charge >= 0.3 is 11.9 Å². The van der Waals surface area contributed by atoms with E-state index in [9.17, 15) is 30.0 Å². The summed E-state index contributed by atoms with van der Waals surface area (Å²) >= 11 is 0. The van der Waals surface area contributed by atoms with E-state index in [1.165, 1.54) is 10.7 Å². The first kappa shape index (κ1) is 35.3. The molecule has 262 valence electrons. The molecule has 2 aliphatic carbocycles. The molecule has 6 atom stereocenters. The minimum atomic E-state index is -2.04. The van der Waals surface area contributed by atoms with Crippen molar-refractivity contribution in [2.45, 2.75) is 83.5 Å². The standard InChI is InChI=1S/C34H46N4O10/c1-4-45-32(42)30-31(33(43)46-5-2)38(37-35-30)27-19-25(36-47-6-3)23-17-20(11-7-9-15-39)22(12-8-10-16-40)28-24-18-21(41)13-14-26(24)48-34(27,44)29(23)28/h13-14,17-18,20,22,27-29,39-41,44H,4-12,15-16,19H2,1-3H3/t20-,22+,27-,28+,29+,34+/m0/s1. The van der Waals surface area contributed by atoms with E-state index in [2.05, 4.69) is 21.5 Å². The number of hydrogen-bond donors (Lipinski definition) is 4. The lowest BCUT2D eigenvalue weighted by atomic mass is 9.55. The van der Waals surface area contributed by atoms with Gasteiger partial charge in [-0.1, -0.05) is 29.3 Å². The molecule has 2 aromatic rings. The summed E-state index contributed by atoms with van der Waals surface area (Å²) in [6, 6.07) is 3.62. The van der Waals surface area contributed by atoms with Crippen molar-refractivity contribution in [3.8, 4) is 11.5 Å². The van der Waals surface area contributed by atoms with Crippen LogP contribution in [0.4, 0.5) is 0 Å². The number of aromatic hydroxyl groups is 1. The van der Waals surface area contributed by atoms with Crippen LogP contribution in [0.2, 0.25) is 0 Å². The van der Waals surface area contributed by atoms with Crippen LogP contribution in [0, 0.1) is 17.8 Å². The maximum atomic E-state index is 13.4. The van der Waals surface area contributed by atoms with Gasteiger partial charge in [0.15, 0.2) is 5.69 Å². The summed E-state index contributed by atoms with van der Waals surface area (Å²) < 4.78 is 18.2. The highest BCUT2D eigenvalue weighted by Gasteiger charge is 2.64. The van der Waals surface area contributed by atoms with Crippen LogP contribution in [0.1, 0.15) is 104 Å². The maximum absolute atomic E-state index is 13.4. The Bertz CT molecular complexity index is 1520. The number of allylic oxidation sites excluding steroid dienone is 1. The first-order valence-corrected chi connectivity index (χ1v) is 16.9. The molecule has 0 unspecified atom stereocenters. The number of fused-ring (bicyclic) bond motifs is 2. The summed E-state index contributed by atoms with van der Waals surface area (Å²) in [7, 11) is 0. The second-order valence-corrected chi connectivity index (χ2v) is 12.3. The average Bonchev–Trinajstić information content (AvgIpc) is 3.51. The second kappa shape index (κ2) is 15.5. The average molecular weight is 671 g/mol. The Balaban J connectivity index is 1.75. The zero-order valence-electron chi connectivity index (χ0n) is 27.7. The van der Waals surface area contributed by atoms with Gasteiger partial charge in [0.1, 0.15) is 24.1 Å². The zero-order chi connectivity index (χ0) is 34.4. The number of esters is 2. The van der Waals surface area contributed by atoms with Gasteiger partial charge in [-0.25, -0.2) is 14.3 Å². The Kier molecular flexibility index (Phi) is 11.4. The number of benzene rings is 1. The van der Waals surface area contributed by atoms with Crippen molar-refractivity contribution in [1.29, 1.82) is 0 Å². The molecule has 1 saturated carbocycles. The van der Waals surface area contributed by atoms with Crippen molar-refractivity contribution >= 4 is 17.7 Å². The number of phenols is 1. The van der Waals surface area contributed by atoms with Gasteiger partial charge < -0.3 is 39.5 Å². The number of aliphatic hydroxyl groups excluding tert-OH is 2. The van der Waals surface area contributed by atoms with Gasteiger partial charge in [0.2, 0.25) is 11.5 Å². The molecule has 14 nitrogen and oxygen atoms in total. The number of phenolic OH excluding ortho intramolecular Hbond substituents is 1. The van der Waals surface area contributed by atoms with Gasteiger partial charge in [0.25, 0.3) is 0 Å². The maximum Gasteiger partial charge on any atom is 0.361 e. The fourth-order valence-corrected chi connectivity index (χ4v) is 7.59. The fourth-order valence-electron chi connectivity index (χ4n) is 7.59. The summed E-state index contributed by atoms with van der Waals surface area (Å²) in [5, 5.41) is 55.6. The van der Waals surface area contributed by atoms with E-state index in [1.54, 1.807) is 32.9 Å². The number of oxime groups is 1. The molecule has 0 radical (unpaired) electrons. The van der Waals surface area contributed by atoms with Gasteiger partial charge in [-0.15, -0.1) is 5.10 Å². The third-order valence-electron chi connectivity index (χ3n) is 9.49. The number of nitrogens with zero attached hydrogens (tertiary/aromatic N) is 4. The van der Waals surface area contributed by atoms with E-state index < -0.39 is 35.6 Å². The third-order valence-corrected chi connectivity index (χ3v) is 9.49. The lowest BCUT2D eigenvalue weighted by Crippen LogP contribution is -2.62. The molecule has 0 bridgehead atoms. The predicted molar refractivity (Wildman–Crippen MR) is 172 cm³/mol. The van der Waals surface area contributed by atoms with Crippen LogP contribution in [0.25, 0.3) is 0 Å². The van der Waals surface area contributed by atoms with Gasteiger partial charge in [-0.05, 0) is 82.1 Å². The number of rotatable bonds is 15. The van der Waals surface area contributed by atoms with Crippen LogP contribution in [-0.2, 0) is 14.3 Å². The molecular weight excluding hydrogens is 624 g/mol. The van der Waals surface area contributed by atoms with Crippen molar-refractivity contribution < 1.29 is 49.1 Å². The van der Waals surface area contributed by atoms with Gasteiger partial charge in [-0.3, -0.25) is 0 Å². The van der Waals surface area contributed by atoms with Crippen molar-refractivity contribution in [2.24, 2.45) is 22.9 Å². The van der Waals surface area contributed by atoms with Gasteiger partial charge in [0.05, 0.1) is 24.8 Å². The fraction of sp³-hybridized carbons (Fsp3) is 0.618. The Morgan fingerprint density at radius 1 is 1.02 bits per heavy atom. The zero-order valence-corrected chi connectivity index (χ0v) is 27.7. The van der Waals surface area contributed by atoms with Crippen LogP contribution >= 0.6 is 0 Å². The lowest BCUT2D eigenvalue weighted by molar-refractivity contribution is -0.225. The molecule has 5 rings (SSSR count). The first-order chi connectivity index (χ1) is 23.2. The number of hydrogen-bond acceptors (Lipinski definition) is 13. The molecule has 48 heavy (non-hydrogen) atoms. The number of ether oxygens (including phenoxy) is 3. The molecule has 2 heterocycles. The van der Waals surface area contributed by atoms with E-state index in [1.807, 2.05) is 0 Å². The van der Waals surface area contributed by atoms with Crippen molar-refractivity contribution in [3.05, 3.63) is 46.8 Å². The number of carbonyl (C=O) groups excluding carboxylic acids is 2. The molecule has 1 aliphatic heterocycles. The molecule has 3 aliphatic rings. The topological polar surface area (TPSA) is 195 Å². The highest BCUT2D eigenvalue weighted by Crippen LogP contribution is 2.62. The molecule has 1 aromatic carbocycles. The Morgan fingerprint density at radius 2 is 1.73 bits per heavy atom. The van der Waals surface area contributed by atoms with Crippen molar-refractivity contribution in [2.75, 3.05) is 33.0 Å². The van der Waals surface area contributed by atoms with Crippen molar-refractivity contribution in [1.82, 2.24) is 15.0 Å². The smallest absolute Gasteiger partial charge is 0.361 e. The quantitative estimate of drug-likeness (QED) is 0.122. The van der Waals surface area contributed by atoms with Crippen LogP contribution in [0.5, 0.6) is 11.5 Å². The Morgan fingerprint density at radius 3 is 2.42 bits per heavy atom. The summed E-state index contributed by atoms with van der Waals surface area (Å²) in [5.74, 6) is -4.62. The molecule has 4 N–H and O–H groups in total. The molecular formula is C34H46N4O10. The van der Waals surface area contributed by atoms with E-state index in [0.29, 0.717) is 36.3 Å². The summed E-state index contributed by atoms with van der Waals surface area (Å²) in [6.45, 7) is 5.50. The number of aromatic nitrogens is 3. The van der Waals surface area contributed by atoms with Gasteiger partial charge in [0, 0.05) is 31.1 Å². The van der Waals surface area contributed by atoms with E-state index in [4.69, 9.17) is 19.0 Å². The highest BCUT2D eigenvalue weighted by molar-refractivity contribution is 6.03. The number of carbonyl (C=O) groups is 2. The second-order valence-electron chi connectivity index (χ2n) is 12.3. The van der Waals surface area contributed by atoms with Crippen LogP contribution in [-0.4, -0.2) is 91.9 Å². The molecule has 0 amide bonds. The minimum Gasteiger partial charge on any atom is -0.508 e. The summed E-state index contributed by atoms with van der Waals surface area (Å²) in [6.07, 6.45) is 6.30. The first-order valence-electron chi connectivity index (χ1n) is 16.9. The van der Waals surface area contributed by atoms with Crippen LogP contribution in [0.15, 0.2) is 35.0 Å². The van der Waals surface area contributed by atoms with Crippen molar-refractivity contribution in [3.63, 3.8) is 0 Å². The number of unbranched alkanes of at least 4 members (excludes halogenated alkanes) is 2. The SMILES string of the molecule is CCON=C1C[C@H](n2nnc(C(=O)OCC)c2C(=O)OCC)[C@@]2(O)Oc3ccc(O)cc3[C@H]3[C@H](CCCCO)[C@@H](CCCCO)C=C1[C@H]32. The Hall–Kier alpha value is -4.01. The molecule has 14 heteroatoms. The van der Waals surface area contributed by atoms with Crippen LogP contribution < -0.4 is 4.74 Å². The van der Waals surface area contributed by atoms with E-state index >= 15 is 0 Å². The third kappa shape index (κ3) is 6.65. The highest BCUT2D eigenvalue weighted by atomic mass is 16.6. The summed E-state index contributed by atoms with van der Waals surface area (Å²) in [5.41, 5.74) is 1.31. The normalized spacial score (nSPS) is 26.6. The Labute approximate surface area is 279 Å². The predicted octanol–water partition coefficient (Wildman–Crippen LogP) is 3.65. The lowest BCUT2D eigenvalue weighted by Gasteiger charge is -2.56. The van der Waals surface area contributed by atoms with E-state index in [-0.39, 0.29) is 68.4 Å². The van der Waals surface area contributed by atoms with E-state index in [0.717, 1.165) is 24.8 Å². The summed E-state index contributed by atoms with van der Waals surface area (Å²) in [4.78, 5) is 32.0. The molecule has 1 fully saturated rings. The molecule has 0 spiro atoms.